The van der Waals surface area contributed by atoms with Gasteiger partial charge in [-0.05, 0) is 35.1 Å². The Hall–Kier alpha value is -2.49. The van der Waals surface area contributed by atoms with Gasteiger partial charge in [0.25, 0.3) is 0 Å². The number of carbonyl (C=O) groups is 1. The maximum atomic E-state index is 12.9. The molecule has 1 saturated heterocycles. The minimum Gasteiger partial charge on any atom is -0.454 e. The summed E-state index contributed by atoms with van der Waals surface area (Å²) >= 11 is 0. The number of nitrogens with zero attached hydrogens (tertiary/aromatic N) is 1. The van der Waals surface area contributed by atoms with Gasteiger partial charge in [0.05, 0.1) is 0 Å². The fourth-order valence-corrected chi connectivity index (χ4v) is 3.91. The van der Waals surface area contributed by atoms with Gasteiger partial charge < -0.3 is 14.4 Å². The summed E-state index contributed by atoms with van der Waals surface area (Å²) in [6.45, 7) is 6.19. The van der Waals surface area contributed by atoms with E-state index in [1.54, 1.807) is 0 Å². The summed E-state index contributed by atoms with van der Waals surface area (Å²) in [6.07, 6.45) is 1.53. The van der Waals surface area contributed by atoms with Gasteiger partial charge in [-0.2, -0.15) is 0 Å². The Balaban J connectivity index is 1.41. The van der Waals surface area contributed by atoms with E-state index in [1.165, 1.54) is 11.1 Å². The largest absolute Gasteiger partial charge is 0.454 e. The van der Waals surface area contributed by atoms with Crippen LogP contribution in [0.3, 0.4) is 0 Å². The average molecular weight is 351 g/mol. The van der Waals surface area contributed by atoms with Crippen LogP contribution in [-0.4, -0.2) is 30.7 Å². The van der Waals surface area contributed by atoms with E-state index in [-0.39, 0.29) is 11.3 Å². The fourth-order valence-electron chi connectivity index (χ4n) is 3.91. The Bertz CT molecular complexity index is 800. The average Bonchev–Trinajstić information content (AvgIpc) is 3.31. The Labute approximate surface area is 154 Å². The van der Waals surface area contributed by atoms with Crippen LogP contribution in [0.5, 0.6) is 11.5 Å². The van der Waals surface area contributed by atoms with Gasteiger partial charge in [0.1, 0.15) is 0 Å². The summed E-state index contributed by atoms with van der Waals surface area (Å²) in [5.74, 6) is 2.23. The van der Waals surface area contributed by atoms with E-state index in [9.17, 15) is 4.79 Å². The zero-order chi connectivity index (χ0) is 18.1. The normalized spacial score (nSPS) is 19.0. The van der Waals surface area contributed by atoms with Crippen molar-refractivity contribution in [2.24, 2.45) is 0 Å². The van der Waals surface area contributed by atoms with Gasteiger partial charge in [-0.25, -0.2) is 0 Å². The Morgan fingerprint density at radius 2 is 1.88 bits per heavy atom. The zero-order valence-corrected chi connectivity index (χ0v) is 15.4. The number of likely N-dealkylation sites (tertiary alicyclic amines) is 1. The van der Waals surface area contributed by atoms with Gasteiger partial charge in [0, 0.05) is 25.4 Å². The highest BCUT2D eigenvalue weighted by Gasteiger charge is 2.32. The zero-order valence-electron chi connectivity index (χ0n) is 15.4. The van der Waals surface area contributed by atoms with Crippen molar-refractivity contribution < 1.29 is 14.3 Å². The first-order chi connectivity index (χ1) is 12.5. The molecule has 26 heavy (non-hydrogen) atoms. The number of hydrogen-bond donors (Lipinski definition) is 0. The molecule has 2 heterocycles. The first-order valence-electron chi connectivity index (χ1n) is 9.26. The summed E-state index contributed by atoms with van der Waals surface area (Å²) in [4.78, 5) is 14.9. The van der Waals surface area contributed by atoms with Crippen molar-refractivity contribution in [1.29, 1.82) is 0 Å². The van der Waals surface area contributed by atoms with E-state index in [0.29, 0.717) is 19.1 Å². The molecule has 1 unspecified atom stereocenters. The van der Waals surface area contributed by atoms with Crippen LogP contribution >= 0.6 is 0 Å². The Morgan fingerprint density at radius 3 is 2.69 bits per heavy atom. The lowest BCUT2D eigenvalue weighted by atomic mass is 9.81. The van der Waals surface area contributed by atoms with Crippen molar-refractivity contribution in [2.45, 2.75) is 38.0 Å². The smallest absolute Gasteiger partial charge is 0.231 e. The molecule has 1 amide bonds. The quantitative estimate of drug-likeness (QED) is 0.832. The standard InChI is InChI=1S/C22H25NO3/c1-22(2,18-6-4-3-5-7-18)13-21(24)23-11-10-17(14-23)16-8-9-19-20(12-16)26-15-25-19/h3-9,12,17H,10-11,13-15H2,1-2H3. The van der Waals surface area contributed by atoms with Crippen LogP contribution in [0.1, 0.15) is 43.7 Å². The number of benzene rings is 2. The molecule has 4 rings (SSSR count). The van der Waals surface area contributed by atoms with E-state index in [0.717, 1.165) is 31.0 Å². The summed E-state index contributed by atoms with van der Waals surface area (Å²) in [5, 5.41) is 0. The van der Waals surface area contributed by atoms with Crippen molar-refractivity contribution in [3.8, 4) is 11.5 Å². The van der Waals surface area contributed by atoms with Crippen LogP contribution in [0.2, 0.25) is 0 Å². The first-order valence-corrected chi connectivity index (χ1v) is 9.26. The van der Waals surface area contributed by atoms with Crippen LogP contribution in [-0.2, 0) is 10.2 Å². The lowest BCUT2D eigenvalue weighted by Gasteiger charge is -2.27. The number of rotatable bonds is 4. The first kappa shape index (κ1) is 17.0. The second kappa shape index (κ2) is 6.67. The number of amides is 1. The van der Waals surface area contributed by atoms with Gasteiger partial charge in [-0.3, -0.25) is 4.79 Å². The molecule has 2 aromatic carbocycles. The predicted octanol–water partition coefficient (Wildman–Crippen LogP) is 4.10. The molecule has 4 heteroatoms. The van der Waals surface area contributed by atoms with Gasteiger partial charge >= 0.3 is 0 Å². The molecule has 0 radical (unpaired) electrons. The SMILES string of the molecule is CC(C)(CC(=O)N1CCC(c2ccc3c(c2)OCO3)C1)c1ccccc1. The number of carbonyl (C=O) groups excluding carboxylic acids is 1. The molecule has 0 saturated carbocycles. The molecule has 2 aliphatic heterocycles. The Morgan fingerprint density at radius 1 is 1.12 bits per heavy atom. The van der Waals surface area contributed by atoms with E-state index in [1.807, 2.05) is 29.2 Å². The molecule has 0 bridgehead atoms. The van der Waals surface area contributed by atoms with Crippen LogP contribution in [0.15, 0.2) is 48.5 Å². The highest BCUT2D eigenvalue weighted by atomic mass is 16.7. The van der Waals surface area contributed by atoms with E-state index in [2.05, 4.69) is 38.1 Å². The molecule has 0 N–H and O–H groups in total. The van der Waals surface area contributed by atoms with Crippen molar-refractivity contribution in [1.82, 2.24) is 4.90 Å². The predicted molar refractivity (Wildman–Crippen MR) is 101 cm³/mol. The van der Waals surface area contributed by atoms with E-state index in [4.69, 9.17) is 9.47 Å². The van der Waals surface area contributed by atoms with E-state index >= 15 is 0 Å². The lowest BCUT2D eigenvalue weighted by Crippen LogP contribution is -2.34. The monoisotopic (exact) mass is 351 g/mol. The second-order valence-corrected chi connectivity index (χ2v) is 7.86. The van der Waals surface area contributed by atoms with Crippen LogP contribution in [0.25, 0.3) is 0 Å². The van der Waals surface area contributed by atoms with Gasteiger partial charge in [-0.15, -0.1) is 0 Å². The minimum atomic E-state index is -0.158. The van der Waals surface area contributed by atoms with Gasteiger partial charge in [-0.1, -0.05) is 50.2 Å². The highest BCUT2D eigenvalue weighted by Crippen LogP contribution is 2.37. The molecular weight excluding hydrogens is 326 g/mol. The van der Waals surface area contributed by atoms with Gasteiger partial charge in [0.2, 0.25) is 12.7 Å². The van der Waals surface area contributed by atoms with Crippen molar-refractivity contribution >= 4 is 5.91 Å². The third-order valence-corrected chi connectivity index (χ3v) is 5.56. The van der Waals surface area contributed by atoms with Crippen LogP contribution in [0.4, 0.5) is 0 Å². The molecule has 4 nitrogen and oxygen atoms in total. The van der Waals surface area contributed by atoms with E-state index < -0.39 is 0 Å². The third kappa shape index (κ3) is 3.28. The minimum absolute atomic E-state index is 0.158. The fraction of sp³-hybridized carbons (Fsp3) is 0.409. The number of hydrogen-bond acceptors (Lipinski definition) is 3. The lowest BCUT2D eigenvalue weighted by molar-refractivity contribution is -0.131. The Kier molecular flexibility index (Phi) is 4.35. The molecule has 0 aliphatic carbocycles. The molecule has 2 aliphatic rings. The van der Waals surface area contributed by atoms with Crippen molar-refractivity contribution in [3.05, 3.63) is 59.7 Å². The number of fused-ring (bicyclic) bond motifs is 1. The second-order valence-electron chi connectivity index (χ2n) is 7.86. The molecule has 136 valence electrons. The summed E-state index contributed by atoms with van der Waals surface area (Å²) in [7, 11) is 0. The molecular formula is C22H25NO3. The van der Waals surface area contributed by atoms with Crippen molar-refractivity contribution in [3.63, 3.8) is 0 Å². The maximum Gasteiger partial charge on any atom is 0.231 e. The third-order valence-electron chi connectivity index (χ3n) is 5.56. The molecule has 0 spiro atoms. The van der Waals surface area contributed by atoms with Crippen LogP contribution < -0.4 is 9.47 Å². The highest BCUT2D eigenvalue weighted by molar-refractivity contribution is 5.78. The molecule has 0 aromatic heterocycles. The molecule has 1 atom stereocenters. The summed E-state index contributed by atoms with van der Waals surface area (Å²) < 4.78 is 10.9. The summed E-state index contributed by atoms with van der Waals surface area (Å²) in [6, 6.07) is 16.4. The maximum absolute atomic E-state index is 12.9. The van der Waals surface area contributed by atoms with Gasteiger partial charge in [0.15, 0.2) is 11.5 Å². The topological polar surface area (TPSA) is 38.8 Å². The molecule has 1 fully saturated rings. The van der Waals surface area contributed by atoms with Crippen molar-refractivity contribution in [2.75, 3.05) is 19.9 Å². The number of ether oxygens (including phenoxy) is 2. The molecule has 2 aromatic rings. The van der Waals surface area contributed by atoms with Crippen LogP contribution in [0, 0.1) is 0 Å². The summed E-state index contributed by atoms with van der Waals surface area (Å²) in [5.41, 5.74) is 2.28.